The van der Waals surface area contributed by atoms with Crippen LogP contribution in [0, 0.1) is 0 Å². The van der Waals surface area contributed by atoms with Gasteiger partial charge in [0.25, 0.3) is 0 Å². The highest BCUT2D eigenvalue weighted by Crippen LogP contribution is 2.44. The van der Waals surface area contributed by atoms with E-state index >= 15 is 0 Å². The van der Waals surface area contributed by atoms with Gasteiger partial charge in [0, 0.05) is 24.6 Å². The number of phenolic OH excluding ortho intramolecular Hbond substituents is 4. The van der Waals surface area contributed by atoms with E-state index in [0.717, 1.165) is 31.2 Å². The maximum atomic E-state index is 12.9. The Hall–Kier alpha value is -3.84. The topological polar surface area (TPSA) is 207 Å². The van der Waals surface area contributed by atoms with Gasteiger partial charge in [-0.05, 0) is 18.2 Å². The van der Waals surface area contributed by atoms with E-state index in [2.05, 4.69) is 0 Å². The van der Waals surface area contributed by atoms with E-state index in [0.29, 0.717) is 0 Å². The van der Waals surface area contributed by atoms with E-state index in [1.165, 1.54) is 6.07 Å². The lowest BCUT2D eigenvalue weighted by Crippen LogP contribution is -2.55. The molecule has 1 aromatic heterocycles. The summed E-state index contributed by atoms with van der Waals surface area (Å²) in [5, 5.41) is 71.2. The Labute approximate surface area is 196 Å². The molecule has 1 saturated heterocycles. The molecule has 2 aromatic carbocycles. The number of rotatable bonds is 4. The monoisotopic (exact) mass is 490 g/mol. The van der Waals surface area contributed by atoms with Crippen molar-refractivity contribution in [1.82, 2.24) is 0 Å². The molecule has 0 unspecified atom stereocenters. The fraction of sp³-hybridized carbons (Fsp3) is 0.304. The normalized spacial score (nSPS) is 24.4. The van der Waals surface area contributed by atoms with Crippen molar-refractivity contribution < 1.29 is 54.4 Å². The summed E-state index contributed by atoms with van der Waals surface area (Å²) in [6.45, 7) is 0.629. The fourth-order valence-corrected chi connectivity index (χ4v) is 3.94. The van der Waals surface area contributed by atoms with Gasteiger partial charge in [0.1, 0.15) is 59.8 Å². The summed E-state index contributed by atoms with van der Waals surface area (Å²) in [5.74, 6) is -3.05. The Morgan fingerprint density at radius 3 is 2.29 bits per heavy atom. The predicted octanol–water partition coefficient (Wildman–Crippen LogP) is 0.368. The van der Waals surface area contributed by atoms with Gasteiger partial charge in [-0.15, -0.1) is 0 Å². The number of esters is 1. The average molecular weight is 490 g/mol. The first-order chi connectivity index (χ1) is 16.5. The molecule has 0 aliphatic carbocycles. The van der Waals surface area contributed by atoms with Crippen molar-refractivity contribution in [3.63, 3.8) is 0 Å². The number of aliphatic hydroxyl groups is 3. The summed E-state index contributed by atoms with van der Waals surface area (Å²) in [4.78, 5) is 24.1. The van der Waals surface area contributed by atoms with Gasteiger partial charge in [-0.25, -0.2) is 0 Å². The highest BCUT2D eigenvalue weighted by atomic mass is 16.6. The predicted molar refractivity (Wildman–Crippen MR) is 117 cm³/mol. The first-order valence-electron chi connectivity index (χ1n) is 10.4. The summed E-state index contributed by atoms with van der Waals surface area (Å²) in [6, 6.07) is 5.44. The van der Waals surface area contributed by atoms with E-state index in [9.17, 15) is 45.3 Å². The Morgan fingerprint density at radius 2 is 1.63 bits per heavy atom. The Bertz CT molecular complexity index is 1350. The van der Waals surface area contributed by atoms with Crippen molar-refractivity contribution in [2.75, 3.05) is 6.61 Å². The van der Waals surface area contributed by atoms with Crippen LogP contribution in [0.2, 0.25) is 0 Å². The molecule has 35 heavy (non-hydrogen) atoms. The molecule has 1 aliphatic heterocycles. The minimum absolute atomic E-state index is 0.133. The Morgan fingerprint density at radius 1 is 0.914 bits per heavy atom. The van der Waals surface area contributed by atoms with Crippen LogP contribution < -0.4 is 5.43 Å². The van der Waals surface area contributed by atoms with E-state index in [1.807, 2.05) is 0 Å². The van der Waals surface area contributed by atoms with E-state index in [-0.39, 0.29) is 22.3 Å². The Balaban J connectivity index is 1.90. The standard InChI is InChI=1S/C23H22O12/c1-8(24)33-7-16-19(30)20(31)21(32)23(35-16)18-13(28)5-12(27)17-14(29)6-15(34-22(17)18)9-2-3-10(25)11(26)4-9/h2-6,16,19-21,23,25-28,30-32H,7H2,1H3/t16-,19+,20-,21+,23-/m0/s1. The molecule has 0 amide bonds. The second-order valence-corrected chi connectivity index (χ2v) is 8.08. The first kappa shape index (κ1) is 24.3. The lowest BCUT2D eigenvalue weighted by molar-refractivity contribution is -0.234. The SMILES string of the molecule is CC(=O)OC[C@@H]1O[C@@H](c2c(O)cc(O)c3c(=O)cc(-c4ccc(O)c(O)c4)oc23)[C@H](O)[C@@H](O)[C@@H]1O. The van der Waals surface area contributed by atoms with Gasteiger partial charge in [0.15, 0.2) is 22.5 Å². The molecular formula is C23H22O12. The minimum atomic E-state index is -1.83. The maximum absolute atomic E-state index is 12.9. The number of aromatic hydroxyl groups is 4. The van der Waals surface area contributed by atoms with Crippen LogP contribution in [-0.4, -0.2) is 72.7 Å². The van der Waals surface area contributed by atoms with Crippen molar-refractivity contribution in [2.45, 2.75) is 37.4 Å². The first-order valence-corrected chi connectivity index (χ1v) is 10.4. The third-order valence-corrected chi connectivity index (χ3v) is 5.71. The van der Waals surface area contributed by atoms with Gasteiger partial charge in [-0.3, -0.25) is 9.59 Å². The number of fused-ring (bicyclic) bond motifs is 1. The zero-order chi connectivity index (χ0) is 25.6. The number of hydrogen-bond acceptors (Lipinski definition) is 12. The zero-order valence-electron chi connectivity index (χ0n) is 18.2. The van der Waals surface area contributed by atoms with Gasteiger partial charge < -0.3 is 49.6 Å². The van der Waals surface area contributed by atoms with Gasteiger partial charge >= 0.3 is 5.97 Å². The van der Waals surface area contributed by atoms with E-state index < -0.39 is 77.1 Å². The molecule has 0 spiro atoms. The van der Waals surface area contributed by atoms with Crippen LogP contribution in [0.25, 0.3) is 22.3 Å². The number of phenols is 4. The molecule has 2 heterocycles. The molecule has 0 saturated carbocycles. The Kier molecular flexibility index (Phi) is 6.30. The summed E-state index contributed by atoms with van der Waals surface area (Å²) in [5.41, 5.74) is -1.33. The molecule has 186 valence electrons. The molecule has 1 aliphatic rings. The van der Waals surface area contributed by atoms with Gasteiger partial charge in [0.05, 0.1) is 5.56 Å². The highest BCUT2D eigenvalue weighted by molar-refractivity contribution is 5.89. The molecule has 4 rings (SSSR count). The highest BCUT2D eigenvalue weighted by Gasteiger charge is 2.46. The zero-order valence-corrected chi connectivity index (χ0v) is 18.2. The fourth-order valence-electron chi connectivity index (χ4n) is 3.94. The molecule has 5 atom stereocenters. The van der Waals surface area contributed by atoms with Crippen molar-refractivity contribution in [3.8, 4) is 34.3 Å². The second-order valence-electron chi connectivity index (χ2n) is 8.08. The van der Waals surface area contributed by atoms with Gasteiger partial charge in [-0.1, -0.05) is 0 Å². The lowest BCUT2D eigenvalue weighted by atomic mass is 9.89. The lowest BCUT2D eigenvalue weighted by Gasteiger charge is -2.40. The van der Waals surface area contributed by atoms with Crippen LogP contribution >= 0.6 is 0 Å². The average Bonchev–Trinajstić information content (AvgIpc) is 2.79. The van der Waals surface area contributed by atoms with Crippen molar-refractivity contribution in [1.29, 1.82) is 0 Å². The third-order valence-electron chi connectivity index (χ3n) is 5.71. The number of carbonyl (C=O) groups excluding carboxylic acids is 1. The summed E-state index contributed by atoms with van der Waals surface area (Å²) >= 11 is 0. The van der Waals surface area contributed by atoms with Crippen LogP contribution in [0.15, 0.2) is 39.5 Å². The van der Waals surface area contributed by atoms with Crippen molar-refractivity contribution in [2.24, 2.45) is 0 Å². The van der Waals surface area contributed by atoms with Crippen LogP contribution in [0.5, 0.6) is 23.0 Å². The quantitative estimate of drug-likeness (QED) is 0.195. The maximum Gasteiger partial charge on any atom is 0.302 e. The van der Waals surface area contributed by atoms with Crippen molar-refractivity contribution >= 4 is 16.9 Å². The van der Waals surface area contributed by atoms with Crippen LogP contribution in [-0.2, 0) is 14.3 Å². The largest absolute Gasteiger partial charge is 0.507 e. The molecule has 7 N–H and O–H groups in total. The molecule has 0 bridgehead atoms. The molecule has 12 heteroatoms. The number of ether oxygens (including phenoxy) is 2. The third kappa shape index (κ3) is 4.35. The van der Waals surface area contributed by atoms with Gasteiger partial charge in [0.2, 0.25) is 0 Å². The van der Waals surface area contributed by atoms with E-state index in [1.54, 1.807) is 0 Å². The summed E-state index contributed by atoms with van der Waals surface area (Å²) in [6.07, 6.45) is -8.21. The van der Waals surface area contributed by atoms with Gasteiger partial charge in [-0.2, -0.15) is 0 Å². The van der Waals surface area contributed by atoms with E-state index in [4.69, 9.17) is 13.9 Å². The number of carbonyl (C=O) groups is 1. The number of benzene rings is 2. The smallest absolute Gasteiger partial charge is 0.302 e. The van der Waals surface area contributed by atoms with Crippen molar-refractivity contribution in [3.05, 3.63) is 46.1 Å². The number of aliphatic hydroxyl groups excluding tert-OH is 3. The van der Waals surface area contributed by atoms with Crippen LogP contribution in [0.4, 0.5) is 0 Å². The molecule has 1 fully saturated rings. The summed E-state index contributed by atoms with van der Waals surface area (Å²) in [7, 11) is 0. The molecular weight excluding hydrogens is 468 g/mol. The number of hydrogen-bond donors (Lipinski definition) is 7. The molecule has 0 radical (unpaired) electrons. The molecule has 3 aromatic rings. The second kappa shape index (κ2) is 9.07. The van der Waals surface area contributed by atoms with Crippen LogP contribution in [0.3, 0.4) is 0 Å². The summed E-state index contributed by atoms with van der Waals surface area (Å²) < 4.78 is 16.3. The molecule has 12 nitrogen and oxygen atoms in total. The van der Waals surface area contributed by atoms with Crippen LogP contribution in [0.1, 0.15) is 18.6 Å². The minimum Gasteiger partial charge on any atom is -0.507 e.